The van der Waals surface area contributed by atoms with Gasteiger partial charge in [-0.1, -0.05) is 31.2 Å². The maximum absolute atomic E-state index is 12.7. The van der Waals surface area contributed by atoms with E-state index in [9.17, 15) is 4.79 Å². The molecule has 4 nitrogen and oxygen atoms in total. The minimum absolute atomic E-state index is 0.0643. The third-order valence-corrected chi connectivity index (χ3v) is 6.01. The van der Waals surface area contributed by atoms with Crippen LogP contribution in [0, 0.1) is 6.92 Å². The summed E-state index contributed by atoms with van der Waals surface area (Å²) in [5.41, 5.74) is 4.45. The van der Waals surface area contributed by atoms with E-state index in [1.807, 2.05) is 12.1 Å². The number of rotatable bonds is 2. The summed E-state index contributed by atoms with van der Waals surface area (Å²) in [7, 11) is 0. The van der Waals surface area contributed by atoms with Gasteiger partial charge in [0, 0.05) is 18.0 Å². The highest BCUT2D eigenvalue weighted by Gasteiger charge is 2.33. The molecular weight excluding hydrogens is 306 g/mol. The van der Waals surface area contributed by atoms with Gasteiger partial charge in [-0.05, 0) is 36.6 Å². The number of hydrogen-bond donors (Lipinski definition) is 2. The number of nitrogens with one attached hydrogen (secondary N) is 2. The van der Waals surface area contributed by atoms with Crippen LogP contribution in [0.5, 0.6) is 0 Å². The van der Waals surface area contributed by atoms with E-state index < -0.39 is 0 Å². The molecule has 0 bridgehead atoms. The molecule has 120 valence electrons. The van der Waals surface area contributed by atoms with Crippen molar-refractivity contribution in [2.45, 2.75) is 33.0 Å². The Bertz CT molecular complexity index is 768. The summed E-state index contributed by atoms with van der Waals surface area (Å²) >= 11 is 1.75. The molecule has 4 rings (SSSR count). The molecule has 3 heterocycles. The molecule has 0 aliphatic carbocycles. The van der Waals surface area contributed by atoms with Crippen molar-refractivity contribution in [2.24, 2.45) is 0 Å². The first kappa shape index (κ1) is 14.7. The fraction of sp³-hybridized carbons (Fsp3) is 0.389. The van der Waals surface area contributed by atoms with Gasteiger partial charge in [0.15, 0.2) is 0 Å². The van der Waals surface area contributed by atoms with Crippen LogP contribution in [0.25, 0.3) is 0 Å². The average Bonchev–Trinajstić information content (AvgIpc) is 2.92. The number of carbonyl (C=O) groups is 1. The van der Waals surface area contributed by atoms with Crippen molar-refractivity contribution in [3.8, 4) is 0 Å². The molecule has 1 amide bonds. The molecule has 2 N–H and O–H groups in total. The van der Waals surface area contributed by atoms with Gasteiger partial charge in [0.05, 0.1) is 5.56 Å². The lowest BCUT2D eigenvalue weighted by Gasteiger charge is -2.28. The molecule has 0 radical (unpaired) electrons. The number of aryl methyl sites for hydroxylation is 1. The molecule has 2 aliphatic rings. The van der Waals surface area contributed by atoms with Crippen LogP contribution in [0.1, 0.15) is 45.0 Å². The summed E-state index contributed by atoms with van der Waals surface area (Å²) in [5, 5.41) is 7.71. The highest BCUT2D eigenvalue weighted by Crippen LogP contribution is 2.40. The molecular formula is C18H21N3OS. The standard InChI is InChI=1S/C18H21N3OS/c1-3-21-9-8-13-14(10-21)23-18-15(13)17(22)19-16(20-18)12-7-5-4-6-11(12)2/h4-7,16,20H,3,8-10H2,1-2H3,(H,19,22)/t16-/m0/s1. The number of thiophene rings is 1. The van der Waals surface area contributed by atoms with E-state index in [0.29, 0.717) is 0 Å². The lowest BCUT2D eigenvalue weighted by Crippen LogP contribution is -2.39. The Labute approximate surface area is 140 Å². The number of anilines is 1. The normalized spacial score (nSPS) is 20.4. The van der Waals surface area contributed by atoms with Gasteiger partial charge in [-0.2, -0.15) is 0 Å². The predicted molar refractivity (Wildman–Crippen MR) is 94.0 cm³/mol. The summed E-state index contributed by atoms with van der Waals surface area (Å²) in [5.74, 6) is 0.0643. The first-order valence-corrected chi connectivity index (χ1v) is 8.99. The molecule has 23 heavy (non-hydrogen) atoms. The minimum atomic E-state index is -0.140. The van der Waals surface area contributed by atoms with E-state index >= 15 is 0 Å². The van der Waals surface area contributed by atoms with Gasteiger partial charge < -0.3 is 10.6 Å². The molecule has 0 saturated heterocycles. The smallest absolute Gasteiger partial charge is 0.256 e. The van der Waals surface area contributed by atoms with Crippen molar-refractivity contribution in [3.63, 3.8) is 0 Å². The third-order valence-electron chi connectivity index (χ3n) is 4.86. The lowest BCUT2D eigenvalue weighted by molar-refractivity contribution is 0.0934. The third kappa shape index (κ3) is 2.44. The second-order valence-electron chi connectivity index (χ2n) is 6.23. The molecule has 1 atom stereocenters. The molecule has 5 heteroatoms. The molecule has 1 aromatic carbocycles. The van der Waals surface area contributed by atoms with E-state index in [2.05, 4.69) is 41.5 Å². The second-order valence-corrected chi connectivity index (χ2v) is 7.34. The molecule has 1 aromatic heterocycles. The number of fused-ring (bicyclic) bond motifs is 3. The Hall–Kier alpha value is -1.85. The van der Waals surface area contributed by atoms with Crippen LogP contribution in [0.15, 0.2) is 24.3 Å². The highest BCUT2D eigenvalue weighted by molar-refractivity contribution is 7.16. The number of amides is 1. The van der Waals surface area contributed by atoms with Crippen molar-refractivity contribution in [3.05, 3.63) is 51.4 Å². The number of nitrogens with zero attached hydrogens (tertiary/aromatic N) is 1. The maximum atomic E-state index is 12.7. The number of carbonyl (C=O) groups excluding carboxylic acids is 1. The maximum Gasteiger partial charge on any atom is 0.256 e. The van der Waals surface area contributed by atoms with Crippen LogP contribution in [0.4, 0.5) is 5.00 Å². The number of hydrogen-bond acceptors (Lipinski definition) is 4. The van der Waals surface area contributed by atoms with E-state index in [1.54, 1.807) is 11.3 Å². The molecule has 0 saturated carbocycles. The fourth-order valence-electron chi connectivity index (χ4n) is 3.50. The Kier molecular flexibility index (Phi) is 3.62. The van der Waals surface area contributed by atoms with Crippen LogP contribution in [-0.4, -0.2) is 23.9 Å². The number of likely N-dealkylation sites (N-methyl/N-ethyl adjacent to an activating group) is 1. The zero-order valence-electron chi connectivity index (χ0n) is 13.5. The first-order valence-electron chi connectivity index (χ1n) is 8.17. The zero-order valence-corrected chi connectivity index (χ0v) is 14.3. The quantitative estimate of drug-likeness (QED) is 0.889. The fourth-order valence-corrected chi connectivity index (χ4v) is 4.82. The summed E-state index contributed by atoms with van der Waals surface area (Å²) in [4.78, 5) is 16.5. The first-order chi connectivity index (χ1) is 11.2. The topological polar surface area (TPSA) is 44.4 Å². The van der Waals surface area contributed by atoms with Crippen LogP contribution in [0.2, 0.25) is 0 Å². The lowest BCUT2D eigenvalue weighted by atomic mass is 9.99. The van der Waals surface area contributed by atoms with Crippen LogP contribution in [-0.2, 0) is 13.0 Å². The SMILES string of the molecule is CCN1CCc2c(sc3c2C(=O)N[C@H](c2ccccc2C)N3)C1. The van der Waals surface area contributed by atoms with E-state index in [-0.39, 0.29) is 12.1 Å². The number of benzene rings is 1. The van der Waals surface area contributed by atoms with Gasteiger partial charge in [-0.3, -0.25) is 9.69 Å². The van der Waals surface area contributed by atoms with E-state index in [0.717, 1.165) is 42.2 Å². The van der Waals surface area contributed by atoms with E-state index in [1.165, 1.54) is 16.0 Å². The van der Waals surface area contributed by atoms with E-state index in [4.69, 9.17) is 0 Å². The van der Waals surface area contributed by atoms with Gasteiger partial charge in [0.1, 0.15) is 11.2 Å². The van der Waals surface area contributed by atoms with Gasteiger partial charge in [0.2, 0.25) is 0 Å². The monoisotopic (exact) mass is 327 g/mol. The summed E-state index contributed by atoms with van der Waals surface area (Å²) in [6.07, 6.45) is 0.831. The average molecular weight is 327 g/mol. The van der Waals surface area contributed by atoms with Gasteiger partial charge in [0.25, 0.3) is 5.91 Å². The largest absolute Gasteiger partial charge is 0.353 e. The molecule has 0 unspecified atom stereocenters. The predicted octanol–water partition coefficient (Wildman–Crippen LogP) is 3.29. The van der Waals surface area contributed by atoms with Crippen molar-refractivity contribution in [1.29, 1.82) is 0 Å². The van der Waals surface area contributed by atoms with Crippen molar-refractivity contribution in [1.82, 2.24) is 10.2 Å². The summed E-state index contributed by atoms with van der Waals surface area (Å²) in [6.45, 7) is 7.34. The molecule has 0 fully saturated rings. The Balaban J connectivity index is 1.69. The van der Waals surface area contributed by atoms with Crippen molar-refractivity contribution in [2.75, 3.05) is 18.4 Å². The Morgan fingerprint density at radius 3 is 2.91 bits per heavy atom. The van der Waals surface area contributed by atoms with Gasteiger partial charge in [-0.25, -0.2) is 0 Å². The van der Waals surface area contributed by atoms with Crippen molar-refractivity contribution < 1.29 is 4.79 Å². The Morgan fingerprint density at radius 1 is 1.30 bits per heavy atom. The molecule has 2 aliphatic heterocycles. The van der Waals surface area contributed by atoms with Gasteiger partial charge in [-0.15, -0.1) is 11.3 Å². The minimum Gasteiger partial charge on any atom is -0.353 e. The zero-order chi connectivity index (χ0) is 16.0. The second kappa shape index (κ2) is 5.65. The summed E-state index contributed by atoms with van der Waals surface area (Å²) in [6, 6.07) is 8.20. The highest BCUT2D eigenvalue weighted by atomic mass is 32.1. The van der Waals surface area contributed by atoms with Crippen LogP contribution < -0.4 is 10.6 Å². The molecule has 0 spiro atoms. The van der Waals surface area contributed by atoms with Crippen LogP contribution >= 0.6 is 11.3 Å². The van der Waals surface area contributed by atoms with Crippen molar-refractivity contribution >= 4 is 22.2 Å². The van der Waals surface area contributed by atoms with Crippen LogP contribution in [0.3, 0.4) is 0 Å². The summed E-state index contributed by atoms with van der Waals surface area (Å²) < 4.78 is 0. The Morgan fingerprint density at radius 2 is 2.13 bits per heavy atom. The molecule has 2 aromatic rings. The van der Waals surface area contributed by atoms with Gasteiger partial charge >= 0.3 is 0 Å².